The number of hydrogen-bond acceptors (Lipinski definition) is 2. The van der Waals surface area contributed by atoms with Gasteiger partial charge in [-0.15, -0.1) is 0 Å². The minimum atomic E-state index is -0.958. The van der Waals surface area contributed by atoms with E-state index in [2.05, 4.69) is 6.07 Å². The van der Waals surface area contributed by atoms with Gasteiger partial charge in [0, 0.05) is 6.08 Å². The van der Waals surface area contributed by atoms with Gasteiger partial charge in [0.25, 0.3) is 0 Å². The normalized spacial score (nSPS) is 10.7. The van der Waals surface area contributed by atoms with Gasteiger partial charge >= 0.3 is 5.97 Å². The zero-order valence-electron chi connectivity index (χ0n) is 11.5. The van der Waals surface area contributed by atoms with Gasteiger partial charge in [-0.25, -0.2) is 4.79 Å². The molecule has 0 aliphatic rings. The van der Waals surface area contributed by atoms with Crippen LogP contribution >= 0.6 is 0 Å². The van der Waals surface area contributed by atoms with E-state index in [1.807, 2.05) is 50.2 Å². The molecule has 0 heterocycles. The van der Waals surface area contributed by atoms with Gasteiger partial charge in [-0.05, 0) is 60.9 Å². The summed E-state index contributed by atoms with van der Waals surface area (Å²) in [6.45, 7) is 4.05. The van der Waals surface area contributed by atoms with Crippen LogP contribution < -0.4 is 4.74 Å². The van der Waals surface area contributed by atoms with Crippen LogP contribution in [-0.2, 0) is 4.79 Å². The first-order valence-corrected chi connectivity index (χ1v) is 6.30. The van der Waals surface area contributed by atoms with Crippen molar-refractivity contribution in [3.05, 3.63) is 65.2 Å². The summed E-state index contributed by atoms with van der Waals surface area (Å²) in [5, 5.41) is 8.56. The smallest absolute Gasteiger partial charge is 0.328 e. The molecule has 0 atom stereocenters. The average Bonchev–Trinajstić information content (AvgIpc) is 2.36. The molecule has 102 valence electrons. The van der Waals surface area contributed by atoms with Gasteiger partial charge in [-0.3, -0.25) is 0 Å². The van der Waals surface area contributed by atoms with Gasteiger partial charge in [-0.2, -0.15) is 0 Å². The van der Waals surface area contributed by atoms with Crippen LogP contribution in [0.2, 0.25) is 0 Å². The standard InChI is InChI=1S/C17H16O3/c1-12-9-13(2)11-16(10-12)20-15-6-3-14(4-7-15)5-8-17(18)19/h3-11H,1-2H3,(H,18,19). The first kappa shape index (κ1) is 13.9. The molecule has 0 aliphatic carbocycles. The van der Waals surface area contributed by atoms with Crippen LogP contribution in [0.25, 0.3) is 6.08 Å². The molecule has 0 bridgehead atoms. The number of carboxylic acid groups (broad SMARTS) is 1. The summed E-state index contributed by atoms with van der Waals surface area (Å²) in [5.74, 6) is 0.569. The summed E-state index contributed by atoms with van der Waals surface area (Å²) in [7, 11) is 0. The van der Waals surface area contributed by atoms with Crippen molar-refractivity contribution >= 4 is 12.0 Å². The molecule has 0 aromatic heterocycles. The summed E-state index contributed by atoms with van der Waals surface area (Å²) in [4.78, 5) is 10.4. The Kier molecular flexibility index (Phi) is 4.20. The van der Waals surface area contributed by atoms with E-state index in [1.165, 1.54) is 0 Å². The number of ether oxygens (including phenoxy) is 1. The molecule has 0 unspecified atom stereocenters. The molecule has 0 saturated heterocycles. The van der Waals surface area contributed by atoms with E-state index in [0.717, 1.165) is 34.3 Å². The number of benzene rings is 2. The molecule has 0 radical (unpaired) electrons. The first-order valence-electron chi connectivity index (χ1n) is 6.30. The third-order valence-electron chi connectivity index (χ3n) is 2.73. The van der Waals surface area contributed by atoms with Crippen LogP contribution in [0.5, 0.6) is 11.5 Å². The SMILES string of the molecule is Cc1cc(C)cc(Oc2ccc(C=CC(=O)O)cc2)c1. The quantitative estimate of drug-likeness (QED) is 0.845. The Balaban J connectivity index is 2.12. The lowest BCUT2D eigenvalue weighted by atomic mass is 10.1. The molecule has 0 amide bonds. The highest BCUT2D eigenvalue weighted by Crippen LogP contribution is 2.24. The highest BCUT2D eigenvalue weighted by atomic mass is 16.5. The Bertz CT molecular complexity index is 620. The molecular weight excluding hydrogens is 252 g/mol. The molecule has 3 heteroatoms. The largest absolute Gasteiger partial charge is 0.478 e. The van der Waals surface area contributed by atoms with Crippen LogP contribution in [0.3, 0.4) is 0 Å². The van der Waals surface area contributed by atoms with E-state index in [1.54, 1.807) is 6.08 Å². The van der Waals surface area contributed by atoms with E-state index in [4.69, 9.17) is 9.84 Å². The number of aryl methyl sites for hydroxylation is 2. The van der Waals surface area contributed by atoms with E-state index in [0.29, 0.717) is 0 Å². The minimum Gasteiger partial charge on any atom is -0.478 e. The van der Waals surface area contributed by atoms with Crippen LogP contribution in [0, 0.1) is 13.8 Å². The van der Waals surface area contributed by atoms with Crippen LogP contribution in [0.4, 0.5) is 0 Å². The summed E-state index contributed by atoms with van der Waals surface area (Å²) >= 11 is 0. The van der Waals surface area contributed by atoms with Crippen molar-refractivity contribution in [3.63, 3.8) is 0 Å². The van der Waals surface area contributed by atoms with Gasteiger partial charge in [0.15, 0.2) is 0 Å². The Morgan fingerprint density at radius 1 is 1.00 bits per heavy atom. The lowest BCUT2D eigenvalue weighted by Gasteiger charge is -2.08. The highest BCUT2D eigenvalue weighted by molar-refractivity contribution is 5.85. The van der Waals surface area contributed by atoms with E-state index in [-0.39, 0.29) is 0 Å². The molecule has 0 spiro atoms. The predicted molar refractivity (Wildman–Crippen MR) is 79.1 cm³/mol. The monoisotopic (exact) mass is 268 g/mol. The number of rotatable bonds is 4. The van der Waals surface area contributed by atoms with Crippen molar-refractivity contribution in [2.45, 2.75) is 13.8 Å². The fourth-order valence-electron chi connectivity index (χ4n) is 1.94. The van der Waals surface area contributed by atoms with Crippen molar-refractivity contribution in [2.24, 2.45) is 0 Å². The predicted octanol–water partition coefficient (Wildman–Crippen LogP) is 4.19. The second kappa shape index (κ2) is 6.06. The summed E-state index contributed by atoms with van der Waals surface area (Å²) < 4.78 is 5.78. The zero-order chi connectivity index (χ0) is 14.5. The van der Waals surface area contributed by atoms with Crippen molar-refractivity contribution in [3.8, 4) is 11.5 Å². The Labute approximate surface area is 118 Å². The van der Waals surface area contributed by atoms with Crippen LogP contribution in [0.15, 0.2) is 48.5 Å². The molecule has 2 rings (SSSR count). The summed E-state index contributed by atoms with van der Waals surface area (Å²) in [6.07, 6.45) is 2.66. The van der Waals surface area contributed by atoms with Gasteiger partial charge in [-0.1, -0.05) is 18.2 Å². The summed E-state index contributed by atoms with van der Waals surface area (Å²) in [6, 6.07) is 13.3. The second-order valence-corrected chi connectivity index (χ2v) is 4.67. The van der Waals surface area contributed by atoms with Gasteiger partial charge in [0.2, 0.25) is 0 Å². The Hall–Kier alpha value is -2.55. The lowest BCUT2D eigenvalue weighted by molar-refractivity contribution is -0.131. The van der Waals surface area contributed by atoms with Crippen molar-refractivity contribution < 1.29 is 14.6 Å². The summed E-state index contributed by atoms with van der Waals surface area (Å²) in [5.41, 5.74) is 3.13. The molecule has 2 aromatic rings. The van der Waals surface area contributed by atoms with E-state index in [9.17, 15) is 4.79 Å². The molecule has 0 saturated carbocycles. The maximum absolute atomic E-state index is 10.4. The van der Waals surface area contributed by atoms with Crippen molar-refractivity contribution in [1.29, 1.82) is 0 Å². The van der Waals surface area contributed by atoms with Crippen LogP contribution in [0.1, 0.15) is 16.7 Å². The molecular formula is C17H16O3. The fraction of sp³-hybridized carbons (Fsp3) is 0.118. The highest BCUT2D eigenvalue weighted by Gasteiger charge is 1.99. The van der Waals surface area contributed by atoms with E-state index >= 15 is 0 Å². The molecule has 0 fully saturated rings. The number of carbonyl (C=O) groups is 1. The van der Waals surface area contributed by atoms with Gasteiger partial charge in [0.05, 0.1) is 0 Å². The van der Waals surface area contributed by atoms with E-state index < -0.39 is 5.97 Å². The maximum atomic E-state index is 10.4. The molecule has 1 N–H and O–H groups in total. The third-order valence-corrected chi connectivity index (χ3v) is 2.73. The number of hydrogen-bond donors (Lipinski definition) is 1. The Morgan fingerprint density at radius 3 is 2.15 bits per heavy atom. The fourth-order valence-corrected chi connectivity index (χ4v) is 1.94. The van der Waals surface area contributed by atoms with Crippen molar-refractivity contribution in [2.75, 3.05) is 0 Å². The molecule has 3 nitrogen and oxygen atoms in total. The number of carboxylic acids is 1. The maximum Gasteiger partial charge on any atom is 0.328 e. The minimum absolute atomic E-state index is 0.725. The molecule has 2 aromatic carbocycles. The first-order chi connectivity index (χ1) is 9.52. The van der Waals surface area contributed by atoms with Crippen molar-refractivity contribution in [1.82, 2.24) is 0 Å². The Morgan fingerprint density at radius 2 is 1.60 bits per heavy atom. The second-order valence-electron chi connectivity index (χ2n) is 4.67. The zero-order valence-corrected chi connectivity index (χ0v) is 11.5. The lowest BCUT2D eigenvalue weighted by Crippen LogP contribution is -1.87. The molecule has 0 aliphatic heterocycles. The average molecular weight is 268 g/mol. The molecule has 20 heavy (non-hydrogen) atoms. The third kappa shape index (κ3) is 3.99. The number of aliphatic carboxylic acids is 1. The topological polar surface area (TPSA) is 46.5 Å². The van der Waals surface area contributed by atoms with Crippen LogP contribution in [-0.4, -0.2) is 11.1 Å². The van der Waals surface area contributed by atoms with Gasteiger partial charge in [0.1, 0.15) is 11.5 Å². The van der Waals surface area contributed by atoms with Gasteiger partial charge < -0.3 is 9.84 Å².